The smallest absolute Gasteiger partial charge is 0.122 e. The van der Waals surface area contributed by atoms with Gasteiger partial charge in [0.2, 0.25) is 0 Å². The van der Waals surface area contributed by atoms with E-state index in [1.54, 1.807) is 34.4 Å². The van der Waals surface area contributed by atoms with Gasteiger partial charge in [0.1, 0.15) is 12.3 Å². The van der Waals surface area contributed by atoms with Gasteiger partial charge in [-0.2, -0.15) is 0 Å². The third kappa shape index (κ3) is 8.86. The second kappa shape index (κ2) is 20.5. The zero-order valence-electron chi connectivity index (χ0n) is 44.1. The first-order valence-electron chi connectivity index (χ1n) is 29.4. The Kier molecular flexibility index (Phi) is 12.9. The van der Waals surface area contributed by atoms with Crippen molar-refractivity contribution in [1.29, 1.82) is 0 Å². The van der Waals surface area contributed by atoms with Gasteiger partial charge in [0, 0.05) is 53.2 Å². The molecular formula is C72H72F2N2. The molecule has 1 aromatic carbocycles. The molecule has 10 unspecified atom stereocenters. The van der Waals surface area contributed by atoms with Gasteiger partial charge in [0.15, 0.2) is 0 Å². The van der Waals surface area contributed by atoms with Crippen molar-refractivity contribution < 1.29 is 8.78 Å². The first kappa shape index (κ1) is 47.9. The molecule has 0 saturated heterocycles. The Balaban J connectivity index is 0.909. The van der Waals surface area contributed by atoms with E-state index >= 15 is 0 Å². The van der Waals surface area contributed by atoms with Crippen molar-refractivity contribution >= 4 is 11.3 Å². The van der Waals surface area contributed by atoms with E-state index in [4.69, 9.17) is 0 Å². The molecule has 14 rings (SSSR count). The molecule has 0 aliphatic heterocycles. The fourth-order valence-electron chi connectivity index (χ4n) is 15.5. The molecule has 0 spiro atoms. The van der Waals surface area contributed by atoms with Gasteiger partial charge in [-0.05, 0) is 223 Å². The molecule has 0 aromatic heterocycles. The van der Waals surface area contributed by atoms with Gasteiger partial charge in [-0.25, -0.2) is 8.78 Å². The zero-order chi connectivity index (χ0) is 50.7. The summed E-state index contributed by atoms with van der Waals surface area (Å²) in [6.45, 7) is 0. The van der Waals surface area contributed by atoms with E-state index in [1.807, 2.05) is 12.2 Å². The van der Waals surface area contributed by atoms with Crippen molar-refractivity contribution in [3.8, 4) is 0 Å². The van der Waals surface area contributed by atoms with Crippen molar-refractivity contribution in [2.75, 3.05) is 4.90 Å². The minimum absolute atomic E-state index is 0.148. The summed E-state index contributed by atoms with van der Waals surface area (Å²) in [4.78, 5) is 5.55. The van der Waals surface area contributed by atoms with Crippen molar-refractivity contribution in [3.05, 3.63) is 261 Å². The normalized spacial score (nSPS) is 32.7. The quantitative estimate of drug-likeness (QED) is 0.230. The number of allylic oxidation sites excluding steroid dienone is 35. The van der Waals surface area contributed by atoms with Gasteiger partial charge in [0.05, 0.1) is 6.04 Å². The molecule has 4 heteroatoms. The number of benzene rings is 1. The van der Waals surface area contributed by atoms with Crippen LogP contribution in [0, 0.1) is 35.5 Å². The number of fused-ring (bicyclic) bond motifs is 2. The van der Waals surface area contributed by atoms with Gasteiger partial charge in [-0.15, -0.1) is 0 Å². The molecule has 0 amide bonds. The Morgan fingerprint density at radius 1 is 0.513 bits per heavy atom. The van der Waals surface area contributed by atoms with Gasteiger partial charge in [0.25, 0.3) is 0 Å². The first-order chi connectivity index (χ1) is 37.5. The largest absolute Gasteiger partial charge is 0.337 e. The monoisotopic (exact) mass is 1000 g/mol. The lowest BCUT2D eigenvalue weighted by Gasteiger charge is -2.51. The molecule has 0 heterocycles. The van der Waals surface area contributed by atoms with Gasteiger partial charge < -0.3 is 9.80 Å². The molecule has 0 radical (unpaired) electrons. The molecule has 1 aromatic rings. The fourth-order valence-corrected chi connectivity index (χ4v) is 15.5. The van der Waals surface area contributed by atoms with Gasteiger partial charge in [-0.1, -0.05) is 140 Å². The minimum Gasteiger partial charge on any atom is -0.337 e. The second-order valence-electron chi connectivity index (χ2n) is 23.7. The van der Waals surface area contributed by atoms with Gasteiger partial charge in [-0.3, -0.25) is 0 Å². The summed E-state index contributed by atoms with van der Waals surface area (Å²) >= 11 is 0. The average Bonchev–Trinajstić information content (AvgIpc) is 3.63. The van der Waals surface area contributed by atoms with Crippen LogP contribution in [-0.4, -0.2) is 23.3 Å². The summed E-state index contributed by atoms with van der Waals surface area (Å²) in [6, 6.07) is 7.45. The van der Waals surface area contributed by atoms with Crippen LogP contribution in [0.15, 0.2) is 250 Å². The third-order valence-corrected chi connectivity index (χ3v) is 19.3. The highest BCUT2D eigenvalue weighted by molar-refractivity contribution is 5.80. The van der Waals surface area contributed by atoms with E-state index in [-0.39, 0.29) is 12.0 Å². The molecule has 10 atom stereocenters. The van der Waals surface area contributed by atoms with Crippen LogP contribution in [0.4, 0.5) is 14.5 Å². The predicted molar refractivity (Wildman–Crippen MR) is 311 cm³/mol. The number of hydrogen-bond acceptors (Lipinski definition) is 2. The van der Waals surface area contributed by atoms with E-state index in [0.717, 1.165) is 81.8 Å². The number of alkyl halides is 2. The van der Waals surface area contributed by atoms with Crippen LogP contribution in [0.3, 0.4) is 0 Å². The molecule has 13 aliphatic carbocycles. The number of anilines is 1. The van der Waals surface area contributed by atoms with Crippen LogP contribution in [0.25, 0.3) is 5.57 Å². The molecule has 1 fully saturated rings. The van der Waals surface area contributed by atoms with Crippen LogP contribution in [0.2, 0.25) is 0 Å². The molecular weight excluding hydrogens is 931 g/mol. The summed E-state index contributed by atoms with van der Waals surface area (Å²) in [5, 5.41) is 0. The Labute approximate surface area is 451 Å². The van der Waals surface area contributed by atoms with Crippen LogP contribution >= 0.6 is 0 Å². The van der Waals surface area contributed by atoms with Crippen LogP contribution in [-0.2, 0) is 0 Å². The third-order valence-electron chi connectivity index (χ3n) is 19.3. The van der Waals surface area contributed by atoms with Crippen LogP contribution in [0.5, 0.6) is 0 Å². The van der Waals surface area contributed by atoms with Gasteiger partial charge >= 0.3 is 0 Å². The summed E-state index contributed by atoms with van der Waals surface area (Å²) < 4.78 is 29.4. The Morgan fingerprint density at radius 3 is 2.00 bits per heavy atom. The number of hydrogen-bond donors (Lipinski definition) is 0. The summed E-state index contributed by atoms with van der Waals surface area (Å²) in [7, 11) is 0. The maximum atomic E-state index is 14.7. The molecule has 0 N–H and O–H groups in total. The summed E-state index contributed by atoms with van der Waals surface area (Å²) in [6.07, 6.45) is 76.7. The van der Waals surface area contributed by atoms with Crippen molar-refractivity contribution in [2.24, 2.45) is 35.5 Å². The lowest BCUT2D eigenvalue weighted by atomic mass is 9.61. The van der Waals surface area contributed by atoms with E-state index in [2.05, 4.69) is 168 Å². The van der Waals surface area contributed by atoms with Crippen molar-refractivity contribution in [3.63, 3.8) is 0 Å². The maximum Gasteiger partial charge on any atom is 0.122 e. The molecule has 13 aliphatic rings. The lowest BCUT2D eigenvalue weighted by Crippen LogP contribution is -2.45. The maximum absolute atomic E-state index is 14.7. The van der Waals surface area contributed by atoms with E-state index in [0.29, 0.717) is 48.3 Å². The Morgan fingerprint density at radius 2 is 1.26 bits per heavy atom. The van der Waals surface area contributed by atoms with Crippen molar-refractivity contribution in [1.82, 2.24) is 4.90 Å². The summed E-state index contributed by atoms with van der Waals surface area (Å²) in [5.41, 5.74) is 22.0. The lowest BCUT2D eigenvalue weighted by molar-refractivity contribution is 0.239. The number of halogens is 2. The fraction of sp³-hybridized carbons (Fsp3) is 0.361. The average molecular weight is 1000 g/mol. The highest BCUT2D eigenvalue weighted by atomic mass is 19.1. The molecule has 1 saturated carbocycles. The molecule has 2 nitrogen and oxygen atoms in total. The summed E-state index contributed by atoms with van der Waals surface area (Å²) in [5.74, 6) is 2.84. The Hall–Kier alpha value is -6.52. The highest BCUT2D eigenvalue weighted by Gasteiger charge is 2.46. The van der Waals surface area contributed by atoms with Crippen LogP contribution in [0.1, 0.15) is 120 Å². The molecule has 76 heavy (non-hydrogen) atoms. The van der Waals surface area contributed by atoms with E-state index in [9.17, 15) is 8.78 Å². The Bertz CT molecular complexity index is 3250. The van der Waals surface area contributed by atoms with E-state index in [1.165, 1.54) is 75.6 Å². The molecule has 384 valence electrons. The molecule has 0 bridgehead atoms. The number of nitrogens with zero attached hydrogens (tertiary/aromatic N) is 2. The minimum atomic E-state index is -0.938. The van der Waals surface area contributed by atoms with Crippen LogP contribution < -0.4 is 4.90 Å². The second-order valence-corrected chi connectivity index (χ2v) is 23.7. The SMILES string of the molecule is FC1C=CC(C2=CC(C3C=CC=CC3)CC(N(C3=C4C=CCCC4CC=C3)C3C=CC4=C5C6=C(CC4)C(N(C4=C7C=CCCC7CC=C4)c4cc(C7=CCC(F)C=C7)cc(C7C=CC=CC7)c4)=CCC6CCC53)=C2)=CC1. The standard InChI is InChI=1S/C72H72F2N2/c73-59-33-25-49(26-34-59)57-41-55(47-13-3-1-4-14-47)43-61(45-57)75(67-23-11-19-51-17-7-9-21-63(51)67)69-39-31-53-30-38-66-70(40-32-54-29-37-65(69)71(53)72(54)66)76(68-24-12-20-52-18-8-10-22-64(52)68)62-44-56(48-15-5-2-6-16-48)42-58(46-62)50-27-35-60(74)36-28-50/h1-6,9-13,15,21-28,31,33,35,39-42,44-48,51-52,54-55,59-60,65,69H,7-8,14,16-20,29-30,32,34,36-38,43H2. The zero-order valence-corrected chi connectivity index (χ0v) is 44.1. The predicted octanol–water partition coefficient (Wildman–Crippen LogP) is 18.3. The number of rotatable bonds is 10. The highest BCUT2D eigenvalue weighted by Crippen LogP contribution is 2.57. The topological polar surface area (TPSA) is 6.48 Å². The van der Waals surface area contributed by atoms with E-state index < -0.39 is 12.3 Å². The van der Waals surface area contributed by atoms with Crippen molar-refractivity contribution in [2.45, 2.75) is 127 Å². The first-order valence-corrected chi connectivity index (χ1v) is 29.4.